The normalized spacial score (nSPS) is 12.4. The van der Waals surface area contributed by atoms with Crippen LogP contribution in [0.25, 0.3) is 10.9 Å². The number of ether oxygens (including phenoxy) is 1. The van der Waals surface area contributed by atoms with Crippen LogP contribution < -0.4 is 4.74 Å². The van der Waals surface area contributed by atoms with Crippen LogP contribution in [0.4, 0.5) is 0 Å². The maximum Gasteiger partial charge on any atom is 0.169 e. The lowest BCUT2D eigenvalue weighted by Crippen LogP contribution is -2.20. The summed E-state index contributed by atoms with van der Waals surface area (Å²) in [4.78, 5) is 15.7. The van der Waals surface area contributed by atoms with Gasteiger partial charge < -0.3 is 4.74 Å². The summed E-state index contributed by atoms with van der Waals surface area (Å²) in [6.45, 7) is 5.20. The minimum Gasteiger partial charge on any atom is -0.481 e. The number of aryl methyl sites for hydroxylation is 1. The second-order valence-electron chi connectivity index (χ2n) is 4.15. The molecule has 1 aromatic heterocycles. The molecule has 0 radical (unpaired) electrons. The minimum atomic E-state index is -0.442. The molecular weight excluding hydrogens is 214 g/mol. The average Bonchev–Trinajstić information content (AvgIpc) is 2.29. The summed E-state index contributed by atoms with van der Waals surface area (Å²) in [5.41, 5.74) is 1.74. The Labute approximate surface area is 100 Å². The fourth-order valence-electron chi connectivity index (χ4n) is 1.59. The van der Waals surface area contributed by atoms with E-state index in [4.69, 9.17) is 4.74 Å². The molecule has 0 N–H and O–H groups in total. The standard InChI is InChI=1S/C14H15NO2/c1-9-7-8-12-5-4-6-13(14(12)15-9)17-11(3)10(2)16/h4-8,11H,1-3H3. The number of benzene rings is 1. The lowest BCUT2D eigenvalue weighted by molar-refractivity contribution is -0.122. The first kappa shape index (κ1) is 11.6. The number of ketones is 1. The van der Waals surface area contributed by atoms with Crippen molar-refractivity contribution in [2.24, 2.45) is 0 Å². The summed E-state index contributed by atoms with van der Waals surface area (Å²) in [7, 11) is 0. The van der Waals surface area contributed by atoms with Crippen molar-refractivity contribution in [2.45, 2.75) is 26.9 Å². The van der Waals surface area contributed by atoms with E-state index in [2.05, 4.69) is 4.98 Å². The van der Waals surface area contributed by atoms with Gasteiger partial charge in [-0.1, -0.05) is 18.2 Å². The molecule has 0 saturated carbocycles. The Bertz CT molecular complexity index is 563. The summed E-state index contributed by atoms with van der Waals surface area (Å²) < 4.78 is 5.63. The third-order valence-electron chi connectivity index (χ3n) is 2.70. The van der Waals surface area contributed by atoms with Crippen LogP contribution in [0.2, 0.25) is 0 Å². The van der Waals surface area contributed by atoms with Gasteiger partial charge in [-0.15, -0.1) is 0 Å². The molecule has 2 rings (SSSR count). The smallest absolute Gasteiger partial charge is 0.169 e. The molecule has 0 amide bonds. The van der Waals surface area contributed by atoms with Gasteiger partial charge >= 0.3 is 0 Å². The van der Waals surface area contributed by atoms with E-state index < -0.39 is 6.10 Å². The molecule has 0 spiro atoms. The van der Waals surface area contributed by atoms with E-state index in [1.54, 1.807) is 6.92 Å². The number of carbonyl (C=O) groups is 1. The lowest BCUT2D eigenvalue weighted by atomic mass is 10.2. The monoisotopic (exact) mass is 229 g/mol. The zero-order valence-electron chi connectivity index (χ0n) is 10.2. The van der Waals surface area contributed by atoms with Crippen LogP contribution in [-0.2, 0) is 4.79 Å². The van der Waals surface area contributed by atoms with Gasteiger partial charge in [0.1, 0.15) is 11.3 Å². The highest BCUT2D eigenvalue weighted by molar-refractivity contribution is 5.86. The largest absolute Gasteiger partial charge is 0.481 e. The molecule has 0 fully saturated rings. The van der Waals surface area contributed by atoms with Crippen LogP contribution in [-0.4, -0.2) is 16.9 Å². The number of pyridine rings is 1. The first-order chi connectivity index (χ1) is 8.08. The summed E-state index contributed by atoms with van der Waals surface area (Å²) in [6.07, 6.45) is -0.442. The van der Waals surface area contributed by atoms with Crippen LogP contribution in [0.3, 0.4) is 0 Å². The van der Waals surface area contributed by atoms with Crippen LogP contribution in [0, 0.1) is 6.92 Å². The second-order valence-corrected chi connectivity index (χ2v) is 4.15. The maximum absolute atomic E-state index is 11.2. The van der Waals surface area contributed by atoms with Crippen LogP contribution in [0.15, 0.2) is 30.3 Å². The number of nitrogens with zero attached hydrogens (tertiary/aromatic N) is 1. The van der Waals surface area contributed by atoms with Crippen molar-refractivity contribution >= 4 is 16.7 Å². The van der Waals surface area contributed by atoms with E-state index in [1.165, 1.54) is 6.92 Å². The zero-order chi connectivity index (χ0) is 12.4. The number of rotatable bonds is 3. The highest BCUT2D eigenvalue weighted by atomic mass is 16.5. The maximum atomic E-state index is 11.2. The molecule has 1 heterocycles. The number of fused-ring (bicyclic) bond motifs is 1. The number of hydrogen-bond donors (Lipinski definition) is 0. The summed E-state index contributed by atoms with van der Waals surface area (Å²) in [5.74, 6) is 0.670. The predicted molar refractivity (Wildman–Crippen MR) is 67.3 cm³/mol. The third kappa shape index (κ3) is 2.44. The summed E-state index contributed by atoms with van der Waals surface area (Å²) >= 11 is 0. The molecule has 0 aliphatic rings. The molecule has 0 bridgehead atoms. The lowest BCUT2D eigenvalue weighted by Gasteiger charge is -2.13. The number of para-hydroxylation sites is 1. The van der Waals surface area contributed by atoms with Crippen molar-refractivity contribution in [3.8, 4) is 5.75 Å². The van der Waals surface area contributed by atoms with Gasteiger partial charge in [0, 0.05) is 11.1 Å². The van der Waals surface area contributed by atoms with Crippen molar-refractivity contribution < 1.29 is 9.53 Å². The van der Waals surface area contributed by atoms with Gasteiger partial charge in [-0.3, -0.25) is 4.79 Å². The first-order valence-electron chi connectivity index (χ1n) is 5.61. The number of carbonyl (C=O) groups excluding carboxylic acids is 1. The number of Topliss-reactive ketones (excluding diaryl/α,β-unsaturated/α-hetero) is 1. The van der Waals surface area contributed by atoms with Gasteiger partial charge in [0.15, 0.2) is 11.9 Å². The third-order valence-corrected chi connectivity index (χ3v) is 2.70. The van der Waals surface area contributed by atoms with Crippen molar-refractivity contribution in [1.82, 2.24) is 4.98 Å². The Morgan fingerprint density at radius 2 is 2.06 bits per heavy atom. The molecule has 1 unspecified atom stereocenters. The van der Waals surface area contributed by atoms with Gasteiger partial charge in [0.25, 0.3) is 0 Å². The molecule has 1 aromatic carbocycles. The van der Waals surface area contributed by atoms with Gasteiger partial charge in [-0.25, -0.2) is 4.98 Å². The van der Waals surface area contributed by atoms with Gasteiger partial charge in [-0.05, 0) is 32.9 Å². The molecular formula is C14H15NO2. The Hall–Kier alpha value is -1.90. The van der Waals surface area contributed by atoms with Gasteiger partial charge in [-0.2, -0.15) is 0 Å². The van der Waals surface area contributed by atoms with Crippen LogP contribution in [0.1, 0.15) is 19.5 Å². The number of aromatic nitrogens is 1. The zero-order valence-corrected chi connectivity index (χ0v) is 10.2. The second kappa shape index (κ2) is 4.53. The van der Waals surface area contributed by atoms with E-state index in [1.807, 2.05) is 37.3 Å². The molecule has 1 atom stereocenters. The Morgan fingerprint density at radius 1 is 1.29 bits per heavy atom. The minimum absolute atomic E-state index is 0.00894. The first-order valence-corrected chi connectivity index (χ1v) is 5.61. The van der Waals surface area contributed by atoms with Gasteiger partial charge in [0.2, 0.25) is 0 Å². The molecule has 3 heteroatoms. The molecule has 3 nitrogen and oxygen atoms in total. The Morgan fingerprint density at radius 3 is 2.76 bits per heavy atom. The molecule has 17 heavy (non-hydrogen) atoms. The van der Waals surface area contributed by atoms with Crippen molar-refractivity contribution in [3.63, 3.8) is 0 Å². The SMILES string of the molecule is CC(=O)C(C)Oc1cccc2ccc(C)nc12. The van der Waals surface area contributed by atoms with Crippen molar-refractivity contribution in [2.75, 3.05) is 0 Å². The number of hydrogen-bond acceptors (Lipinski definition) is 3. The van der Waals surface area contributed by atoms with Gasteiger partial charge in [0.05, 0.1) is 0 Å². The Kier molecular flexibility index (Phi) is 3.09. The van der Waals surface area contributed by atoms with E-state index in [9.17, 15) is 4.79 Å². The van der Waals surface area contributed by atoms with Crippen molar-refractivity contribution in [1.29, 1.82) is 0 Å². The summed E-state index contributed by atoms with van der Waals surface area (Å²) in [6, 6.07) is 9.69. The fraction of sp³-hybridized carbons (Fsp3) is 0.286. The van der Waals surface area contributed by atoms with Crippen molar-refractivity contribution in [3.05, 3.63) is 36.0 Å². The summed E-state index contributed by atoms with van der Waals surface area (Å²) in [5, 5.41) is 1.02. The predicted octanol–water partition coefficient (Wildman–Crippen LogP) is 2.90. The average molecular weight is 229 g/mol. The topological polar surface area (TPSA) is 39.2 Å². The highest BCUT2D eigenvalue weighted by Crippen LogP contribution is 2.24. The highest BCUT2D eigenvalue weighted by Gasteiger charge is 2.11. The van der Waals surface area contributed by atoms with E-state index >= 15 is 0 Å². The molecule has 0 saturated heterocycles. The molecule has 0 aliphatic heterocycles. The van der Waals surface area contributed by atoms with E-state index in [-0.39, 0.29) is 5.78 Å². The van der Waals surface area contributed by atoms with E-state index in [0.717, 1.165) is 16.6 Å². The van der Waals surface area contributed by atoms with E-state index in [0.29, 0.717) is 5.75 Å². The molecule has 0 aliphatic carbocycles. The quantitative estimate of drug-likeness (QED) is 0.812. The van der Waals surface area contributed by atoms with Crippen LogP contribution in [0.5, 0.6) is 5.75 Å². The van der Waals surface area contributed by atoms with Crippen LogP contribution >= 0.6 is 0 Å². The fourth-order valence-corrected chi connectivity index (χ4v) is 1.59. The molecule has 88 valence electrons. The Balaban J connectivity index is 2.46. The molecule has 2 aromatic rings.